The van der Waals surface area contributed by atoms with Gasteiger partial charge in [0.1, 0.15) is 0 Å². The second-order valence-electron chi connectivity index (χ2n) is 5.50. The number of hydrogen-bond acceptors (Lipinski definition) is 1. The summed E-state index contributed by atoms with van der Waals surface area (Å²) in [4.78, 5) is 0. The maximum atomic E-state index is 4.42. The second kappa shape index (κ2) is 10.4. The second-order valence-corrected chi connectivity index (χ2v) is 8.24. The summed E-state index contributed by atoms with van der Waals surface area (Å²) in [6.07, 6.45) is 8.67. The molecule has 0 spiro atoms. The molecular weight excluding hydrogens is 245 g/mol. The molecule has 0 radical (unpaired) electrons. The van der Waals surface area contributed by atoms with Crippen molar-refractivity contribution in [2.24, 2.45) is 22.1 Å². The van der Waals surface area contributed by atoms with Crippen LogP contribution in [-0.4, -0.2) is 12.8 Å². The molecule has 0 heterocycles. The van der Waals surface area contributed by atoms with Gasteiger partial charge in [-0.25, -0.2) is 0 Å². The van der Waals surface area contributed by atoms with Crippen LogP contribution >= 0.6 is 7.81 Å². The van der Waals surface area contributed by atoms with E-state index >= 15 is 0 Å². The molecule has 0 aliphatic heterocycles. The molecule has 0 amide bonds. The molecule has 1 nitrogen and oxygen atoms in total. The van der Waals surface area contributed by atoms with Crippen molar-refractivity contribution < 1.29 is 0 Å². The third-order valence-corrected chi connectivity index (χ3v) is 4.69. The van der Waals surface area contributed by atoms with Crippen molar-refractivity contribution >= 4 is 17.5 Å². The van der Waals surface area contributed by atoms with Crippen LogP contribution in [0.3, 0.4) is 0 Å². The first-order valence-corrected chi connectivity index (χ1v) is 9.64. The number of unbranched alkanes of at least 4 members (excludes halogenated alkanes) is 1. The normalized spacial score (nSPS) is 17.8. The van der Waals surface area contributed by atoms with Crippen molar-refractivity contribution in [2.45, 2.75) is 59.8 Å². The van der Waals surface area contributed by atoms with Crippen molar-refractivity contribution in [1.82, 2.24) is 0 Å². The standard InChI is InChI=1S/C14H30NPS/c1-6-12(2)11-14(4)13(3)9-7-8-10-15-17(5)16/h12-14H,6-11H2,1-5H3/t12?,13-,14?/m1/s1. The molecule has 0 bridgehead atoms. The fourth-order valence-electron chi connectivity index (χ4n) is 2.09. The van der Waals surface area contributed by atoms with E-state index in [2.05, 4.69) is 46.1 Å². The molecule has 0 aliphatic carbocycles. The Kier molecular flexibility index (Phi) is 10.7. The Morgan fingerprint density at radius 2 is 1.76 bits per heavy atom. The quantitative estimate of drug-likeness (QED) is 0.382. The van der Waals surface area contributed by atoms with Gasteiger partial charge in [-0.05, 0) is 0 Å². The van der Waals surface area contributed by atoms with Crippen LogP contribution in [0.4, 0.5) is 0 Å². The Bertz CT molecular complexity index is 307. The molecule has 0 aliphatic rings. The SMILES string of the molecule is CCC(C)CC(C)[C@H](C)CCCCN=S(C)#P. The molecule has 2 unspecified atom stereocenters. The van der Waals surface area contributed by atoms with Crippen molar-refractivity contribution in [1.29, 1.82) is 0 Å². The van der Waals surface area contributed by atoms with E-state index < -0.39 is 0 Å². The van der Waals surface area contributed by atoms with E-state index in [9.17, 15) is 0 Å². The molecule has 0 aromatic carbocycles. The molecule has 0 saturated heterocycles. The van der Waals surface area contributed by atoms with E-state index in [1.54, 1.807) is 0 Å². The molecule has 102 valence electrons. The van der Waals surface area contributed by atoms with Gasteiger partial charge < -0.3 is 0 Å². The summed E-state index contributed by atoms with van der Waals surface area (Å²) in [5, 5.41) is 0. The Balaban J connectivity index is 3.68. The van der Waals surface area contributed by atoms with Crippen LogP contribution in [0.5, 0.6) is 0 Å². The number of hydrogen-bond donors (Lipinski definition) is 0. The zero-order valence-corrected chi connectivity index (χ0v) is 14.0. The molecule has 0 aromatic rings. The third kappa shape index (κ3) is 10.1. The zero-order valence-electron chi connectivity index (χ0n) is 12.3. The summed E-state index contributed by atoms with van der Waals surface area (Å²) in [7, 11) is 4.25. The Morgan fingerprint density at radius 3 is 2.29 bits per heavy atom. The van der Waals surface area contributed by atoms with Gasteiger partial charge in [-0.3, -0.25) is 0 Å². The van der Waals surface area contributed by atoms with E-state index in [0.29, 0.717) is 0 Å². The van der Waals surface area contributed by atoms with Crippen LogP contribution < -0.4 is 0 Å². The monoisotopic (exact) mass is 275 g/mol. The molecule has 0 N–H and O–H groups in total. The molecular formula is C14H30NPS. The predicted molar refractivity (Wildman–Crippen MR) is 83.8 cm³/mol. The first-order valence-electron chi connectivity index (χ1n) is 7.00. The topological polar surface area (TPSA) is 12.4 Å². The zero-order chi connectivity index (χ0) is 13.3. The van der Waals surface area contributed by atoms with Gasteiger partial charge in [0.2, 0.25) is 0 Å². The van der Waals surface area contributed by atoms with Gasteiger partial charge in [-0.2, -0.15) is 0 Å². The fourth-order valence-corrected chi connectivity index (χ4v) is 2.73. The third-order valence-electron chi connectivity index (χ3n) is 3.79. The van der Waals surface area contributed by atoms with Crippen LogP contribution in [0.2, 0.25) is 0 Å². The minimum absolute atomic E-state index is 0.0281. The molecule has 0 rings (SSSR count). The molecule has 3 heteroatoms. The molecule has 17 heavy (non-hydrogen) atoms. The van der Waals surface area contributed by atoms with E-state index in [1.807, 2.05) is 0 Å². The molecule has 0 aromatic heterocycles. The molecule has 0 fully saturated rings. The predicted octanol–water partition coefficient (Wildman–Crippen LogP) is 5.62. The van der Waals surface area contributed by atoms with Gasteiger partial charge in [0.05, 0.1) is 0 Å². The first-order chi connectivity index (χ1) is 7.97. The van der Waals surface area contributed by atoms with Crippen LogP contribution in [-0.2, 0) is 9.67 Å². The van der Waals surface area contributed by atoms with Crippen molar-refractivity contribution in [2.75, 3.05) is 12.8 Å². The summed E-state index contributed by atoms with van der Waals surface area (Å²) < 4.78 is 4.42. The van der Waals surface area contributed by atoms with Gasteiger partial charge in [0, 0.05) is 0 Å². The van der Waals surface area contributed by atoms with E-state index in [0.717, 1.165) is 24.3 Å². The van der Waals surface area contributed by atoms with Crippen molar-refractivity contribution in [3.63, 3.8) is 0 Å². The Labute approximate surface area is 112 Å². The van der Waals surface area contributed by atoms with E-state index in [4.69, 9.17) is 0 Å². The maximum absolute atomic E-state index is 4.42. The number of nitrogens with zero attached hydrogens (tertiary/aromatic N) is 1. The van der Waals surface area contributed by atoms with Gasteiger partial charge in [-0.1, -0.05) is 0 Å². The van der Waals surface area contributed by atoms with Crippen LogP contribution in [0.15, 0.2) is 4.36 Å². The molecule has 0 saturated carbocycles. The minimum atomic E-state index is -0.0281. The summed E-state index contributed by atoms with van der Waals surface area (Å²) in [5.41, 5.74) is 0. The van der Waals surface area contributed by atoms with E-state index in [-0.39, 0.29) is 9.67 Å². The Morgan fingerprint density at radius 1 is 1.12 bits per heavy atom. The summed E-state index contributed by atoms with van der Waals surface area (Å²) in [6, 6.07) is 0. The summed E-state index contributed by atoms with van der Waals surface area (Å²) in [5.74, 6) is 2.61. The van der Waals surface area contributed by atoms with Crippen LogP contribution in [0.25, 0.3) is 0 Å². The van der Waals surface area contributed by atoms with E-state index in [1.165, 1.54) is 32.1 Å². The van der Waals surface area contributed by atoms with Crippen LogP contribution in [0.1, 0.15) is 59.8 Å². The summed E-state index contributed by atoms with van der Waals surface area (Å²) >= 11 is 0. The average molecular weight is 275 g/mol. The van der Waals surface area contributed by atoms with Gasteiger partial charge >= 0.3 is 112 Å². The van der Waals surface area contributed by atoms with Gasteiger partial charge in [-0.15, -0.1) is 0 Å². The Hall–Kier alpha value is 0.450. The van der Waals surface area contributed by atoms with Gasteiger partial charge in [0.15, 0.2) is 0 Å². The van der Waals surface area contributed by atoms with Crippen molar-refractivity contribution in [3.8, 4) is 0 Å². The van der Waals surface area contributed by atoms with Crippen LogP contribution in [0, 0.1) is 17.8 Å². The summed E-state index contributed by atoms with van der Waals surface area (Å²) in [6.45, 7) is 10.5. The van der Waals surface area contributed by atoms with Crippen molar-refractivity contribution in [3.05, 3.63) is 0 Å². The molecule has 3 atom stereocenters. The first kappa shape index (κ1) is 17.4. The fraction of sp³-hybridized carbons (Fsp3) is 1.00. The van der Waals surface area contributed by atoms with Gasteiger partial charge in [0.25, 0.3) is 0 Å². The number of rotatable bonds is 9. The average Bonchev–Trinajstić information content (AvgIpc) is 2.27.